The summed E-state index contributed by atoms with van der Waals surface area (Å²) < 4.78 is 7.23. The molecule has 3 aliphatic rings. The number of esters is 1. The van der Waals surface area contributed by atoms with E-state index < -0.39 is 40.7 Å². The molecule has 1 N–H and O–H groups in total. The molecule has 0 radical (unpaired) electrons. The molecule has 0 saturated carbocycles. The number of carbonyl (C=O) groups excluding carboxylic acids is 3. The van der Waals surface area contributed by atoms with E-state index in [1.807, 2.05) is 24.3 Å². The van der Waals surface area contributed by atoms with E-state index in [9.17, 15) is 19.2 Å². The molecule has 6 rings (SSSR count). The Morgan fingerprint density at radius 3 is 2.56 bits per heavy atom. The Bertz CT molecular complexity index is 1490. The standard InChI is InChI=1S/C25H22N4O5/c1-13(30)19-26-16-10-6-4-8-14(16)20(31)28(19)18-12-25(34-21(18)32)15-9-5-7-11-17(15)29-22(25)27-24(2,3)23(29)33/h4-11,18,22,27H,12H2,1-3H3/t18-,22+,25-/m0/s1. The van der Waals surface area contributed by atoms with Crippen LogP contribution in [0, 0.1) is 0 Å². The number of aromatic nitrogens is 2. The molecule has 1 amide bonds. The highest BCUT2D eigenvalue weighted by molar-refractivity contribution is 6.05. The largest absolute Gasteiger partial charge is 0.449 e. The average molecular weight is 458 g/mol. The van der Waals surface area contributed by atoms with E-state index in [0.29, 0.717) is 22.2 Å². The number of fused-ring (bicyclic) bond motifs is 6. The highest BCUT2D eigenvalue weighted by atomic mass is 16.6. The number of ether oxygens (including phenoxy) is 1. The minimum atomic E-state index is -1.21. The lowest BCUT2D eigenvalue weighted by molar-refractivity contribution is -0.152. The van der Waals surface area contributed by atoms with Crippen molar-refractivity contribution in [3.05, 3.63) is 70.3 Å². The van der Waals surface area contributed by atoms with Crippen molar-refractivity contribution in [3.8, 4) is 0 Å². The first kappa shape index (κ1) is 20.7. The van der Waals surface area contributed by atoms with Gasteiger partial charge in [-0.05, 0) is 32.0 Å². The summed E-state index contributed by atoms with van der Waals surface area (Å²) in [7, 11) is 0. The molecule has 2 aromatic carbocycles. The lowest BCUT2D eigenvalue weighted by atomic mass is 9.88. The van der Waals surface area contributed by atoms with Crippen LogP contribution in [0.5, 0.6) is 0 Å². The van der Waals surface area contributed by atoms with Gasteiger partial charge in [0.15, 0.2) is 17.2 Å². The van der Waals surface area contributed by atoms with Crippen LogP contribution in [0.4, 0.5) is 5.69 Å². The van der Waals surface area contributed by atoms with Crippen LogP contribution < -0.4 is 15.8 Å². The summed E-state index contributed by atoms with van der Waals surface area (Å²) in [4.78, 5) is 58.6. The maximum Gasteiger partial charge on any atom is 0.330 e. The van der Waals surface area contributed by atoms with Gasteiger partial charge in [0.25, 0.3) is 5.56 Å². The molecule has 172 valence electrons. The maximum absolute atomic E-state index is 13.5. The molecule has 9 nitrogen and oxygen atoms in total. The fourth-order valence-corrected chi connectivity index (χ4v) is 5.52. The minimum Gasteiger partial charge on any atom is -0.449 e. The highest BCUT2D eigenvalue weighted by Gasteiger charge is 2.66. The van der Waals surface area contributed by atoms with E-state index in [2.05, 4.69) is 10.3 Å². The van der Waals surface area contributed by atoms with Gasteiger partial charge in [-0.15, -0.1) is 0 Å². The number of hydrogen-bond donors (Lipinski definition) is 1. The van der Waals surface area contributed by atoms with Crippen molar-refractivity contribution in [1.82, 2.24) is 14.9 Å². The summed E-state index contributed by atoms with van der Waals surface area (Å²) in [5.74, 6) is -1.30. The number of para-hydroxylation sites is 2. The molecule has 34 heavy (non-hydrogen) atoms. The van der Waals surface area contributed by atoms with Crippen LogP contribution in [-0.2, 0) is 19.9 Å². The fraction of sp³-hybridized carbons (Fsp3) is 0.320. The first-order valence-electron chi connectivity index (χ1n) is 11.1. The normalized spacial score (nSPS) is 26.7. The van der Waals surface area contributed by atoms with Gasteiger partial charge in [-0.2, -0.15) is 0 Å². The van der Waals surface area contributed by atoms with E-state index in [-0.39, 0.29) is 18.2 Å². The molecular weight excluding hydrogens is 436 g/mol. The van der Waals surface area contributed by atoms with Gasteiger partial charge in [-0.1, -0.05) is 30.3 Å². The van der Waals surface area contributed by atoms with Crippen LogP contribution in [0.25, 0.3) is 10.9 Å². The predicted octanol–water partition coefficient (Wildman–Crippen LogP) is 2.04. The van der Waals surface area contributed by atoms with Gasteiger partial charge in [0.2, 0.25) is 5.91 Å². The summed E-state index contributed by atoms with van der Waals surface area (Å²) in [5.41, 5.74) is -0.799. The molecule has 3 aliphatic heterocycles. The van der Waals surface area contributed by atoms with Gasteiger partial charge < -0.3 is 4.74 Å². The van der Waals surface area contributed by atoms with Crippen molar-refractivity contribution >= 4 is 34.3 Å². The lowest BCUT2D eigenvalue weighted by Crippen LogP contribution is -2.51. The number of benzene rings is 2. The van der Waals surface area contributed by atoms with E-state index in [1.165, 1.54) is 6.92 Å². The minimum absolute atomic E-state index is 0.0700. The second kappa shape index (κ2) is 6.60. The monoisotopic (exact) mass is 458 g/mol. The van der Waals surface area contributed by atoms with E-state index >= 15 is 0 Å². The van der Waals surface area contributed by atoms with Gasteiger partial charge in [0.1, 0.15) is 12.2 Å². The van der Waals surface area contributed by atoms with Gasteiger partial charge in [-0.3, -0.25) is 29.2 Å². The number of ketones is 1. The number of Topliss-reactive ketones (excluding diaryl/α,β-unsaturated/α-hetero) is 1. The highest BCUT2D eigenvalue weighted by Crippen LogP contribution is 2.55. The van der Waals surface area contributed by atoms with Crippen molar-refractivity contribution in [2.24, 2.45) is 0 Å². The summed E-state index contributed by atoms with van der Waals surface area (Å²) >= 11 is 0. The molecule has 2 fully saturated rings. The number of amides is 1. The van der Waals surface area contributed by atoms with Crippen LogP contribution in [0.1, 0.15) is 49.4 Å². The maximum atomic E-state index is 13.5. The Morgan fingerprint density at radius 2 is 1.79 bits per heavy atom. The van der Waals surface area contributed by atoms with E-state index in [1.54, 1.807) is 43.0 Å². The average Bonchev–Trinajstić information content (AvgIpc) is 3.36. The number of nitrogens with one attached hydrogen (secondary N) is 1. The van der Waals surface area contributed by atoms with Gasteiger partial charge >= 0.3 is 5.97 Å². The SMILES string of the molecule is CC(=O)c1nc2ccccc2c(=O)n1[C@H]1C[C@]2(OC1=O)c1ccccc1N1C(=O)C(C)(C)N[C@H]12. The molecule has 3 atom stereocenters. The molecule has 4 heterocycles. The second-order valence-electron chi connectivity index (χ2n) is 9.58. The zero-order valence-electron chi connectivity index (χ0n) is 18.9. The van der Waals surface area contributed by atoms with Crippen LogP contribution in [-0.4, -0.2) is 38.9 Å². The summed E-state index contributed by atoms with van der Waals surface area (Å²) in [6.07, 6.45) is -0.563. The van der Waals surface area contributed by atoms with Crippen LogP contribution in [0.3, 0.4) is 0 Å². The van der Waals surface area contributed by atoms with Crippen molar-refractivity contribution in [1.29, 1.82) is 0 Å². The number of rotatable bonds is 2. The molecular formula is C25H22N4O5. The molecule has 1 aromatic heterocycles. The second-order valence-corrected chi connectivity index (χ2v) is 9.58. The topological polar surface area (TPSA) is 111 Å². The zero-order valence-corrected chi connectivity index (χ0v) is 18.9. The molecule has 3 aromatic rings. The Hall–Kier alpha value is -3.85. The molecule has 0 bridgehead atoms. The Balaban J connectivity index is 1.55. The molecule has 1 spiro atoms. The van der Waals surface area contributed by atoms with Crippen molar-refractivity contribution in [2.75, 3.05) is 4.90 Å². The third kappa shape index (κ3) is 2.50. The molecule has 9 heteroatoms. The number of hydrogen-bond acceptors (Lipinski definition) is 7. The predicted molar refractivity (Wildman–Crippen MR) is 122 cm³/mol. The first-order valence-corrected chi connectivity index (χ1v) is 11.1. The molecule has 0 unspecified atom stereocenters. The van der Waals surface area contributed by atoms with Gasteiger partial charge in [0, 0.05) is 18.9 Å². The summed E-state index contributed by atoms with van der Waals surface area (Å²) in [6, 6.07) is 12.9. The van der Waals surface area contributed by atoms with Crippen molar-refractivity contribution in [3.63, 3.8) is 0 Å². The van der Waals surface area contributed by atoms with Crippen molar-refractivity contribution < 1.29 is 19.1 Å². The van der Waals surface area contributed by atoms with Gasteiger partial charge in [-0.25, -0.2) is 9.78 Å². The van der Waals surface area contributed by atoms with Crippen LogP contribution >= 0.6 is 0 Å². The first-order chi connectivity index (χ1) is 16.2. The van der Waals surface area contributed by atoms with Crippen LogP contribution in [0.2, 0.25) is 0 Å². The Kier molecular flexibility index (Phi) is 4.03. The smallest absolute Gasteiger partial charge is 0.330 e. The molecule has 0 aliphatic carbocycles. The van der Waals surface area contributed by atoms with E-state index in [0.717, 1.165) is 4.57 Å². The summed E-state index contributed by atoms with van der Waals surface area (Å²) in [5, 5.41) is 3.64. The fourth-order valence-electron chi connectivity index (χ4n) is 5.52. The van der Waals surface area contributed by atoms with Crippen LogP contribution in [0.15, 0.2) is 53.3 Å². The number of nitrogens with zero attached hydrogens (tertiary/aromatic N) is 3. The number of anilines is 1. The van der Waals surface area contributed by atoms with Gasteiger partial charge in [0.05, 0.1) is 22.1 Å². The number of carbonyl (C=O) groups is 3. The third-order valence-electron chi connectivity index (χ3n) is 7.06. The third-order valence-corrected chi connectivity index (χ3v) is 7.06. The quantitative estimate of drug-likeness (QED) is 0.462. The molecule has 2 saturated heterocycles. The summed E-state index contributed by atoms with van der Waals surface area (Å²) in [6.45, 7) is 4.88. The zero-order chi connectivity index (χ0) is 24.0. The lowest BCUT2D eigenvalue weighted by Gasteiger charge is -2.31. The van der Waals surface area contributed by atoms with E-state index in [4.69, 9.17) is 4.74 Å². The Morgan fingerprint density at radius 1 is 1.09 bits per heavy atom. The van der Waals surface area contributed by atoms with Crippen molar-refractivity contribution in [2.45, 2.75) is 50.5 Å². The Labute approximate surface area is 194 Å².